The van der Waals surface area contributed by atoms with Crippen molar-refractivity contribution < 1.29 is 4.79 Å². The van der Waals surface area contributed by atoms with Crippen molar-refractivity contribution in [3.05, 3.63) is 0 Å². The SMILES string of the molecule is CNC(C)(C)C(=O)NC1CCN2CCCC2C1. The normalized spacial score (nSPS) is 30.1. The second-order valence-electron chi connectivity index (χ2n) is 5.90. The molecule has 2 saturated heterocycles. The minimum Gasteiger partial charge on any atom is -0.352 e. The molecule has 2 aliphatic heterocycles. The molecule has 2 atom stereocenters. The van der Waals surface area contributed by atoms with Gasteiger partial charge in [-0.25, -0.2) is 0 Å². The van der Waals surface area contributed by atoms with Gasteiger partial charge in [-0.05, 0) is 53.1 Å². The lowest BCUT2D eigenvalue weighted by atomic mass is 9.96. The van der Waals surface area contributed by atoms with Crippen LogP contribution in [0.3, 0.4) is 0 Å². The number of carbonyl (C=O) groups is 1. The topological polar surface area (TPSA) is 44.4 Å². The molecule has 0 aliphatic carbocycles. The van der Waals surface area contributed by atoms with Crippen LogP contribution in [0.25, 0.3) is 0 Å². The van der Waals surface area contributed by atoms with E-state index in [0.29, 0.717) is 12.1 Å². The number of piperidine rings is 1. The van der Waals surface area contributed by atoms with Crippen LogP contribution in [0.1, 0.15) is 39.5 Å². The standard InChI is InChI=1S/C13H25N3O/c1-13(2,14-3)12(17)15-10-6-8-16-7-4-5-11(16)9-10/h10-11,14H,4-9H2,1-3H3,(H,15,17). The first kappa shape index (κ1) is 12.8. The Kier molecular flexibility index (Phi) is 3.73. The molecule has 2 rings (SSSR count). The zero-order chi connectivity index (χ0) is 12.5. The molecule has 2 fully saturated rings. The van der Waals surface area contributed by atoms with Crippen LogP contribution in [0.2, 0.25) is 0 Å². The lowest BCUT2D eigenvalue weighted by molar-refractivity contribution is -0.127. The maximum Gasteiger partial charge on any atom is 0.239 e. The van der Waals surface area contributed by atoms with Gasteiger partial charge in [0.2, 0.25) is 5.91 Å². The monoisotopic (exact) mass is 239 g/mol. The molecular formula is C13H25N3O. The van der Waals surface area contributed by atoms with Crippen molar-refractivity contribution in [1.29, 1.82) is 0 Å². The van der Waals surface area contributed by atoms with Gasteiger partial charge in [0.1, 0.15) is 0 Å². The number of nitrogens with zero attached hydrogens (tertiary/aromatic N) is 1. The molecule has 0 saturated carbocycles. The Balaban J connectivity index is 1.86. The molecule has 2 heterocycles. The van der Waals surface area contributed by atoms with Crippen molar-refractivity contribution in [2.24, 2.45) is 0 Å². The maximum atomic E-state index is 12.1. The van der Waals surface area contributed by atoms with Gasteiger partial charge in [0.15, 0.2) is 0 Å². The smallest absolute Gasteiger partial charge is 0.239 e. The van der Waals surface area contributed by atoms with E-state index in [9.17, 15) is 4.79 Å². The first-order valence-electron chi connectivity index (χ1n) is 6.77. The van der Waals surface area contributed by atoms with Crippen LogP contribution in [0.4, 0.5) is 0 Å². The minimum atomic E-state index is -0.465. The second kappa shape index (κ2) is 4.94. The lowest BCUT2D eigenvalue weighted by Gasteiger charge is -2.36. The molecule has 98 valence electrons. The van der Waals surface area contributed by atoms with E-state index in [1.165, 1.54) is 19.4 Å². The maximum absolute atomic E-state index is 12.1. The van der Waals surface area contributed by atoms with E-state index < -0.39 is 5.54 Å². The summed E-state index contributed by atoms with van der Waals surface area (Å²) in [7, 11) is 1.83. The Labute approximate surface area is 104 Å². The molecule has 0 spiro atoms. The summed E-state index contributed by atoms with van der Waals surface area (Å²) < 4.78 is 0. The minimum absolute atomic E-state index is 0.122. The Bertz CT molecular complexity index is 290. The van der Waals surface area contributed by atoms with Gasteiger partial charge in [-0.1, -0.05) is 0 Å². The fourth-order valence-electron chi connectivity index (χ4n) is 2.83. The van der Waals surface area contributed by atoms with Crippen molar-refractivity contribution in [3.63, 3.8) is 0 Å². The first-order valence-corrected chi connectivity index (χ1v) is 6.77. The number of rotatable bonds is 3. The molecule has 0 aromatic carbocycles. The Hall–Kier alpha value is -0.610. The van der Waals surface area contributed by atoms with Crippen LogP contribution < -0.4 is 10.6 Å². The number of amides is 1. The van der Waals surface area contributed by atoms with Gasteiger partial charge in [-0.2, -0.15) is 0 Å². The highest BCUT2D eigenvalue weighted by atomic mass is 16.2. The van der Waals surface area contributed by atoms with Gasteiger partial charge >= 0.3 is 0 Å². The average Bonchev–Trinajstić information content (AvgIpc) is 2.76. The molecule has 4 nitrogen and oxygen atoms in total. The van der Waals surface area contributed by atoms with E-state index in [2.05, 4.69) is 15.5 Å². The van der Waals surface area contributed by atoms with Crippen LogP contribution in [0, 0.1) is 0 Å². The highest BCUT2D eigenvalue weighted by Crippen LogP contribution is 2.26. The van der Waals surface area contributed by atoms with Crippen LogP contribution in [-0.4, -0.2) is 48.6 Å². The van der Waals surface area contributed by atoms with Crippen molar-refractivity contribution >= 4 is 5.91 Å². The van der Waals surface area contributed by atoms with Crippen LogP contribution in [0.15, 0.2) is 0 Å². The number of hydrogen-bond donors (Lipinski definition) is 2. The van der Waals surface area contributed by atoms with Gasteiger partial charge in [0, 0.05) is 18.6 Å². The Morgan fingerprint density at radius 1 is 1.29 bits per heavy atom. The quantitative estimate of drug-likeness (QED) is 0.763. The van der Waals surface area contributed by atoms with E-state index in [1.807, 2.05) is 20.9 Å². The molecule has 0 aromatic heterocycles. The molecule has 1 amide bonds. The van der Waals surface area contributed by atoms with E-state index in [-0.39, 0.29) is 5.91 Å². The molecule has 2 N–H and O–H groups in total. The molecule has 0 aromatic rings. The fourth-order valence-corrected chi connectivity index (χ4v) is 2.83. The van der Waals surface area contributed by atoms with Crippen molar-refractivity contribution in [2.75, 3.05) is 20.1 Å². The Morgan fingerprint density at radius 3 is 2.76 bits per heavy atom. The summed E-state index contributed by atoms with van der Waals surface area (Å²) in [5.74, 6) is 0.122. The van der Waals surface area contributed by atoms with Crippen LogP contribution in [0.5, 0.6) is 0 Å². The molecular weight excluding hydrogens is 214 g/mol. The summed E-state index contributed by atoms with van der Waals surface area (Å²) in [5.41, 5.74) is -0.465. The number of nitrogens with one attached hydrogen (secondary N) is 2. The second-order valence-corrected chi connectivity index (χ2v) is 5.90. The number of fused-ring (bicyclic) bond motifs is 1. The summed E-state index contributed by atoms with van der Waals surface area (Å²) in [6.07, 6.45) is 4.86. The van der Waals surface area contributed by atoms with Crippen LogP contribution in [-0.2, 0) is 4.79 Å². The fraction of sp³-hybridized carbons (Fsp3) is 0.923. The van der Waals surface area contributed by atoms with E-state index in [1.54, 1.807) is 0 Å². The summed E-state index contributed by atoms with van der Waals surface area (Å²) in [4.78, 5) is 14.6. The van der Waals surface area contributed by atoms with Crippen LogP contribution >= 0.6 is 0 Å². The molecule has 4 heteroatoms. The third-order valence-electron chi connectivity index (χ3n) is 4.35. The van der Waals surface area contributed by atoms with E-state index in [4.69, 9.17) is 0 Å². The van der Waals surface area contributed by atoms with E-state index >= 15 is 0 Å². The van der Waals surface area contributed by atoms with Gasteiger partial charge in [-0.3, -0.25) is 4.79 Å². The molecule has 17 heavy (non-hydrogen) atoms. The Morgan fingerprint density at radius 2 is 2.06 bits per heavy atom. The summed E-state index contributed by atoms with van der Waals surface area (Å²) in [5, 5.41) is 6.25. The third-order valence-corrected chi connectivity index (χ3v) is 4.35. The predicted octanol–water partition coefficient (Wildman–Crippen LogP) is 0.727. The summed E-state index contributed by atoms with van der Waals surface area (Å²) in [6, 6.07) is 1.08. The number of likely N-dealkylation sites (N-methyl/N-ethyl adjacent to an activating group) is 1. The van der Waals surface area contributed by atoms with Crippen molar-refractivity contribution in [3.8, 4) is 0 Å². The van der Waals surface area contributed by atoms with Gasteiger partial charge < -0.3 is 15.5 Å². The molecule has 2 unspecified atom stereocenters. The zero-order valence-corrected chi connectivity index (χ0v) is 11.3. The summed E-state index contributed by atoms with van der Waals surface area (Å²) in [6.45, 7) is 6.25. The largest absolute Gasteiger partial charge is 0.352 e. The predicted molar refractivity (Wildman–Crippen MR) is 68.9 cm³/mol. The van der Waals surface area contributed by atoms with Gasteiger partial charge in [0.25, 0.3) is 0 Å². The molecule has 2 aliphatic rings. The summed E-state index contributed by atoms with van der Waals surface area (Å²) >= 11 is 0. The van der Waals surface area contributed by atoms with Crippen molar-refractivity contribution in [1.82, 2.24) is 15.5 Å². The number of hydrogen-bond acceptors (Lipinski definition) is 3. The van der Waals surface area contributed by atoms with Gasteiger partial charge in [0.05, 0.1) is 5.54 Å². The number of carbonyl (C=O) groups excluding carboxylic acids is 1. The first-order chi connectivity index (χ1) is 8.03. The molecule has 0 radical (unpaired) electrons. The van der Waals surface area contributed by atoms with Crippen molar-refractivity contribution in [2.45, 2.75) is 57.2 Å². The van der Waals surface area contributed by atoms with Gasteiger partial charge in [-0.15, -0.1) is 0 Å². The third kappa shape index (κ3) is 2.80. The molecule has 0 bridgehead atoms. The lowest BCUT2D eigenvalue weighted by Crippen LogP contribution is -2.56. The highest BCUT2D eigenvalue weighted by molar-refractivity contribution is 5.85. The zero-order valence-electron chi connectivity index (χ0n) is 11.3. The average molecular weight is 239 g/mol. The highest BCUT2D eigenvalue weighted by Gasteiger charge is 2.34. The van der Waals surface area contributed by atoms with E-state index in [0.717, 1.165) is 19.4 Å².